The summed E-state index contributed by atoms with van der Waals surface area (Å²) in [6.07, 6.45) is 5.72. The van der Waals surface area contributed by atoms with E-state index in [4.69, 9.17) is 0 Å². The summed E-state index contributed by atoms with van der Waals surface area (Å²) >= 11 is 0. The van der Waals surface area contributed by atoms with Crippen LogP contribution in [0.5, 0.6) is 0 Å². The van der Waals surface area contributed by atoms with E-state index in [2.05, 4.69) is 38.8 Å². The molecule has 0 saturated heterocycles. The molecule has 21 heavy (non-hydrogen) atoms. The molecule has 0 spiro atoms. The van der Waals surface area contributed by atoms with Gasteiger partial charge in [0.2, 0.25) is 0 Å². The number of aryl methyl sites for hydroxylation is 1. The molecule has 2 aromatic carbocycles. The van der Waals surface area contributed by atoms with Crippen LogP contribution < -0.4 is 0 Å². The van der Waals surface area contributed by atoms with Gasteiger partial charge < -0.3 is 4.57 Å². The lowest BCUT2D eigenvalue weighted by Crippen LogP contribution is -2.00. The molecule has 0 aliphatic carbocycles. The van der Waals surface area contributed by atoms with Crippen molar-refractivity contribution in [3.8, 4) is 0 Å². The van der Waals surface area contributed by atoms with Crippen molar-refractivity contribution in [2.24, 2.45) is 4.99 Å². The Labute approximate surface area is 124 Å². The van der Waals surface area contributed by atoms with Gasteiger partial charge in [-0.3, -0.25) is 4.99 Å². The smallest absolute Gasteiger partial charge is 0.105 e. The Morgan fingerprint density at radius 2 is 1.81 bits per heavy atom. The molecule has 0 fully saturated rings. The van der Waals surface area contributed by atoms with Crippen molar-refractivity contribution in [1.29, 1.82) is 0 Å². The molecule has 0 atom stereocenters. The van der Waals surface area contributed by atoms with Crippen LogP contribution in [0.25, 0.3) is 0 Å². The van der Waals surface area contributed by atoms with Gasteiger partial charge in [-0.1, -0.05) is 42.5 Å². The molecular weight excluding hydrogens is 258 g/mol. The summed E-state index contributed by atoms with van der Waals surface area (Å²) in [5.74, 6) is 1.03. The van der Waals surface area contributed by atoms with Crippen LogP contribution in [-0.4, -0.2) is 15.8 Å². The largest absolute Gasteiger partial charge is 0.331 e. The molecule has 3 heteroatoms. The topological polar surface area (TPSA) is 30.2 Å². The third kappa shape index (κ3) is 3.45. The SMILES string of the molecule is Cc1nccn1Cc1ccc(/C=N/c2ccccc2)cc1. The van der Waals surface area contributed by atoms with Gasteiger partial charge >= 0.3 is 0 Å². The fourth-order valence-electron chi connectivity index (χ4n) is 2.14. The molecule has 0 radical (unpaired) electrons. The van der Waals surface area contributed by atoms with E-state index in [0.29, 0.717) is 0 Å². The summed E-state index contributed by atoms with van der Waals surface area (Å²) < 4.78 is 2.13. The van der Waals surface area contributed by atoms with Gasteiger partial charge in [0.05, 0.1) is 5.69 Å². The Kier molecular flexibility index (Phi) is 3.92. The van der Waals surface area contributed by atoms with E-state index >= 15 is 0 Å². The Morgan fingerprint density at radius 3 is 2.48 bits per heavy atom. The number of para-hydroxylation sites is 1. The number of imidazole rings is 1. The summed E-state index contributed by atoms with van der Waals surface area (Å²) in [5.41, 5.74) is 3.33. The second-order valence-corrected chi connectivity index (χ2v) is 4.94. The second-order valence-electron chi connectivity index (χ2n) is 4.94. The van der Waals surface area contributed by atoms with Gasteiger partial charge in [0.15, 0.2) is 0 Å². The first kappa shape index (κ1) is 13.3. The minimum atomic E-state index is 0.849. The fraction of sp³-hybridized carbons (Fsp3) is 0.111. The number of rotatable bonds is 4. The van der Waals surface area contributed by atoms with Crippen molar-refractivity contribution >= 4 is 11.9 Å². The molecule has 0 N–H and O–H groups in total. The maximum atomic E-state index is 4.46. The lowest BCUT2D eigenvalue weighted by molar-refractivity contribution is 0.762. The van der Waals surface area contributed by atoms with Crippen LogP contribution in [0.1, 0.15) is 17.0 Å². The number of aliphatic imine (C=N–C) groups is 1. The second kappa shape index (κ2) is 6.18. The van der Waals surface area contributed by atoms with E-state index in [1.165, 1.54) is 5.56 Å². The van der Waals surface area contributed by atoms with Crippen molar-refractivity contribution < 1.29 is 0 Å². The summed E-state index contributed by atoms with van der Waals surface area (Å²) in [7, 11) is 0. The third-order valence-corrected chi connectivity index (χ3v) is 3.38. The van der Waals surface area contributed by atoms with Crippen molar-refractivity contribution in [2.75, 3.05) is 0 Å². The van der Waals surface area contributed by atoms with Gasteiger partial charge in [0, 0.05) is 25.2 Å². The maximum Gasteiger partial charge on any atom is 0.105 e. The highest BCUT2D eigenvalue weighted by Gasteiger charge is 1.98. The number of nitrogens with zero attached hydrogens (tertiary/aromatic N) is 3. The molecule has 3 aromatic rings. The zero-order chi connectivity index (χ0) is 14.5. The van der Waals surface area contributed by atoms with Gasteiger partial charge in [-0.15, -0.1) is 0 Å². The third-order valence-electron chi connectivity index (χ3n) is 3.38. The van der Waals surface area contributed by atoms with E-state index in [1.54, 1.807) is 0 Å². The van der Waals surface area contributed by atoms with Crippen molar-refractivity contribution in [3.63, 3.8) is 0 Å². The molecule has 3 rings (SSSR count). The summed E-state index contributed by atoms with van der Waals surface area (Å²) in [6.45, 7) is 2.86. The molecular formula is C18H17N3. The molecule has 0 saturated carbocycles. The Hall–Kier alpha value is -2.68. The van der Waals surface area contributed by atoms with Crippen LogP contribution in [0.3, 0.4) is 0 Å². The number of aromatic nitrogens is 2. The van der Waals surface area contributed by atoms with Crippen molar-refractivity contribution in [2.45, 2.75) is 13.5 Å². The molecule has 0 amide bonds. The van der Waals surface area contributed by atoms with Crippen LogP contribution >= 0.6 is 0 Å². The fourth-order valence-corrected chi connectivity index (χ4v) is 2.14. The van der Waals surface area contributed by atoms with Gasteiger partial charge in [0.1, 0.15) is 5.82 Å². The molecule has 0 aliphatic rings. The van der Waals surface area contributed by atoms with Gasteiger partial charge in [-0.2, -0.15) is 0 Å². The average molecular weight is 275 g/mol. The van der Waals surface area contributed by atoms with E-state index in [1.807, 2.05) is 55.9 Å². The highest BCUT2D eigenvalue weighted by atomic mass is 15.0. The van der Waals surface area contributed by atoms with Crippen molar-refractivity contribution in [1.82, 2.24) is 9.55 Å². The molecule has 0 bridgehead atoms. The maximum absolute atomic E-state index is 4.46. The molecule has 1 heterocycles. The Morgan fingerprint density at radius 1 is 1.05 bits per heavy atom. The molecule has 0 unspecified atom stereocenters. The summed E-state index contributed by atoms with van der Waals surface area (Å²) in [6, 6.07) is 18.4. The minimum Gasteiger partial charge on any atom is -0.331 e. The molecule has 1 aromatic heterocycles. The molecule has 3 nitrogen and oxygen atoms in total. The highest BCUT2D eigenvalue weighted by Crippen LogP contribution is 2.11. The van der Waals surface area contributed by atoms with E-state index in [-0.39, 0.29) is 0 Å². The zero-order valence-electron chi connectivity index (χ0n) is 12.0. The number of benzene rings is 2. The number of hydrogen-bond donors (Lipinski definition) is 0. The minimum absolute atomic E-state index is 0.849. The summed E-state index contributed by atoms with van der Waals surface area (Å²) in [5, 5.41) is 0. The van der Waals surface area contributed by atoms with Crippen LogP contribution in [0.4, 0.5) is 5.69 Å². The van der Waals surface area contributed by atoms with Crippen LogP contribution in [0.2, 0.25) is 0 Å². The van der Waals surface area contributed by atoms with Gasteiger partial charge in [-0.25, -0.2) is 4.98 Å². The van der Waals surface area contributed by atoms with Crippen LogP contribution in [0, 0.1) is 6.92 Å². The normalized spacial score (nSPS) is 11.1. The Bertz CT molecular complexity index is 725. The monoisotopic (exact) mass is 275 g/mol. The quantitative estimate of drug-likeness (QED) is 0.662. The van der Waals surface area contributed by atoms with Gasteiger partial charge in [-0.05, 0) is 30.2 Å². The number of hydrogen-bond acceptors (Lipinski definition) is 2. The van der Waals surface area contributed by atoms with Crippen LogP contribution in [0.15, 0.2) is 72.0 Å². The first-order valence-electron chi connectivity index (χ1n) is 6.97. The average Bonchev–Trinajstić information content (AvgIpc) is 2.93. The van der Waals surface area contributed by atoms with E-state index < -0.39 is 0 Å². The molecule has 104 valence electrons. The van der Waals surface area contributed by atoms with E-state index in [0.717, 1.165) is 23.6 Å². The molecule has 0 aliphatic heterocycles. The first-order valence-corrected chi connectivity index (χ1v) is 6.97. The van der Waals surface area contributed by atoms with Gasteiger partial charge in [0.25, 0.3) is 0 Å². The predicted molar refractivity (Wildman–Crippen MR) is 86.2 cm³/mol. The predicted octanol–water partition coefficient (Wildman–Crippen LogP) is 3.99. The standard InChI is InChI=1S/C18H17N3/c1-15-19-11-12-21(15)14-17-9-7-16(8-10-17)13-20-18-5-3-2-4-6-18/h2-13H,14H2,1H3/b20-13+. The lowest BCUT2D eigenvalue weighted by atomic mass is 10.1. The van der Waals surface area contributed by atoms with E-state index in [9.17, 15) is 0 Å². The Balaban J connectivity index is 1.70. The van der Waals surface area contributed by atoms with Crippen LogP contribution in [-0.2, 0) is 6.54 Å². The lowest BCUT2D eigenvalue weighted by Gasteiger charge is -2.05. The van der Waals surface area contributed by atoms with Crippen molar-refractivity contribution in [3.05, 3.63) is 83.9 Å². The zero-order valence-corrected chi connectivity index (χ0v) is 12.0. The summed E-state index contributed by atoms with van der Waals surface area (Å²) in [4.78, 5) is 8.69. The highest BCUT2D eigenvalue weighted by molar-refractivity contribution is 5.81. The first-order chi connectivity index (χ1) is 10.3.